The highest BCUT2D eigenvalue weighted by atomic mass is 16.1. The first-order chi connectivity index (χ1) is 9.16. The van der Waals surface area contributed by atoms with Crippen molar-refractivity contribution >= 4 is 16.7 Å². The monoisotopic (exact) mass is 254 g/mol. The predicted octanol–water partition coefficient (Wildman–Crippen LogP) is 2.41. The lowest BCUT2D eigenvalue weighted by atomic mass is 9.71. The molecule has 0 radical (unpaired) electrons. The molecule has 2 aromatic rings. The van der Waals surface area contributed by atoms with Gasteiger partial charge in [0.2, 0.25) is 0 Å². The molecule has 3 nitrogen and oxygen atoms in total. The van der Waals surface area contributed by atoms with E-state index in [1.54, 1.807) is 0 Å². The van der Waals surface area contributed by atoms with Crippen LogP contribution in [0.3, 0.4) is 0 Å². The van der Waals surface area contributed by atoms with Gasteiger partial charge in [-0.05, 0) is 37.6 Å². The second kappa shape index (κ2) is 3.70. The first-order valence-electron chi connectivity index (χ1n) is 6.97. The van der Waals surface area contributed by atoms with E-state index in [9.17, 15) is 4.79 Å². The fourth-order valence-corrected chi connectivity index (χ4v) is 3.92. The molecular weight excluding hydrogens is 236 g/mol. The number of nitrogens with zero attached hydrogens (tertiary/aromatic N) is 2. The van der Waals surface area contributed by atoms with Crippen molar-refractivity contribution in [2.45, 2.75) is 12.3 Å². The van der Waals surface area contributed by atoms with Gasteiger partial charge in [-0.15, -0.1) is 0 Å². The lowest BCUT2D eigenvalue weighted by Crippen LogP contribution is -2.42. The van der Waals surface area contributed by atoms with Crippen LogP contribution >= 0.6 is 0 Å². The molecule has 0 N–H and O–H groups in total. The molecule has 0 bridgehead atoms. The summed E-state index contributed by atoms with van der Waals surface area (Å²) in [6, 6.07) is 6.47. The number of likely N-dealkylation sites (tertiary alicyclic amines) is 1. The maximum absolute atomic E-state index is 12.8. The quantitative estimate of drug-likeness (QED) is 0.721. The summed E-state index contributed by atoms with van der Waals surface area (Å²) in [6.07, 6.45) is 3.11. The van der Waals surface area contributed by atoms with Crippen LogP contribution in [-0.4, -0.2) is 35.4 Å². The molecule has 0 saturated carbocycles. The Morgan fingerprint density at radius 3 is 2.89 bits per heavy atom. The molecule has 1 unspecified atom stereocenters. The van der Waals surface area contributed by atoms with E-state index in [2.05, 4.69) is 34.7 Å². The van der Waals surface area contributed by atoms with Gasteiger partial charge in [-0.3, -0.25) is 4.79 Å². The lowest BCUT2D eigenvalue weighted by Gasteiger charge is -2.38. The smallest absolute Gasteiger partial charge is 0.169 e. The number of aryl methyl sites for hydroxylation is 1. The van der Waals surface area contributed by atoms with Crippen molar-refractivity contribution in [1.29, 1.82) is 0 Å². The highest BCUT2D eigenvalue weighted by Crippen LogP contribution is 2.44. The van der Waals surface area contributed by atoms with Gasteiger partial charge in [0.15, 0.2) is 5.78 Å². The number of aromatic nitrogens is 1. The number of ketones is 1. The number of hydrogen-bond acceptors (Lipinski definition) is 2. The third kappa shape index (κ3) is 1.39. The number of hydrogen-bond donors (Lipinski definition) is 0. The molecule has 2 heterocycles. The van der Waals surface area contributed by atoms with Gasteiger partial charge in [0, 0.05) is 42.2 Å². The highest BCUT2D eigenvalue weighted by Gasteiger charge is 2.40. The Bertz CT molecular complexity index is 685. The second-order valence-electron chi connectivity index (χ2n) is 6.02. The summed E-state index contributed by atoms with van der Waals surface area (Å²) in [6.45, 7) is 1.99. The lowest BCUT2D eigenvalue weighted by molar-refractivity contribution is 0.0803. The van der Waals surface area contributed by atoms with Gasteiger partial charge in [0.1, 0.15) is 0 Å². The predicted molar refractivity (Wildman–Crippen MR) is 75.6 cm³/mol. The number of Topliss-reactive ketones (excluding diaryl/α,β-unsaturated/α-hetero) is 1. The number of benzene rings is 1. The van der Waals surface area contributed by atoms with Gasteiger partial charge in [-0.25, -0.2) is 0 Å². The average molecular weight is 254 g/mol. The van der Waals surface area contributed by atoms with Crippen LogP contribution < -0.4 is 0 Å². The molecule has 0 amide bonds. The van der Waals surface area contributed by atoms with E-state index < -0.39 is 0 Å². The molecule has 4 rings (SSSR count). The molecular formula is C16H18N2O. The minimum absolute atomic E-state index is 0.152. The summed E-state index contributed by atoms with van der Waals surface area (Å²) >= 11 is 0. The van der Waals surface area contributed by atoms with Crippen LogP contribution in [0.2, 0.25) is 0 Å². The standard InChI is InChI=1S/C16H18N2O/c1-17-7-6-10-11-4-3-5-14-15(11)13(9-18(14)2)16(19)12(10)8-17/h3-5,9-10,12H,6-8H2,1-2H3/t10?,12-/m0/s1. The van der Waals surface area contributed by atoms with Crippen molar-refractivity contribution in [3.63, 3.8) is 0 Å². The molecule has 98 valence electrons. The van der Waals surface area contributed by atoms with Gasteiger partial charge in [-0.1, -0.05) is 12.1 Å². The maximum Gasteiger partial charge on any atom is 0.169 e. The number of piperidine rings is 1. The number of carbonyl (C=O) groups is 1. The fraction of sp³-hybridized carbons (Fsp3) is 0.438. The Kier molecular flexibility index (Phi) is 2.19. The van der Waals surface area contributed by atoms with Crippen molar-refractivity contribution in [3.05, 3.63) is 35.5 Å². The molecule has 2 atom stereocenters. The third-order valence-electron chi connectivity index (χ3n) is 4.86. The Labute approximate surface area is 112 Å². The second-order valence-corrected chi connectivity index (χ2v) is 6.02. The van der Waals surface area contributed by atoms with Crippen LogP contribution in [0.1, 0.15) is 28.3 Å². The average Bonchev–Trinajstić information content (AvgIpc) is 2.75. The normalized spacial score (nSPS) is 26.7. The van der Waals surface area contributed by atoms with Crippen molar-refractivity contribution in [1.82, 2.24) is 9.47 Å². The molecule has 0 spiro atoms. The van der Waals surface area contributed by atoms with E-state index in [4.69, 9.17) is 0 Å². The van der Waals surface area contributed by atoms with E-state index in [0.717, 1.165) is 25.1 Å². The molecule has 1 aromatic carbocycles. The first kappa shape index (κ1) is 11.2. The van der Waals surface area contributed by atoms with Crippen LogP contribution in [0.25, 0.3) is 10.9 Å². The van der Waals surface area contributed by atoms with E-state index in [-0.39, 0.29) is 5.92 Å². The van der Waals surface area contributed by atoms with Crippen molar-refractivity contribution in [2.75, 3.05) is 20.1 Å². The largest absolute Gasteiger partial charge is 0.350 e. The number of rotatable bonds is 0. The summed E-state index contributed by atoms with van der Waals surface area (Å²) < 4.78 is 2.09. The van der Waals surface area contributed by atoms with Gasteiger partial charge in [0.05, 0.1) is 0 Å². The van der Waals surface area contributed by atoms with Crippen LogP contribution in [0.15, 0.2) is 24.4 Å². The molecule has 3 heteroatoms. The van der Waals surface area contributed by atoms with Crippen LogP contribution in [-0.2, 0) is 7.05 Å². The summed E-state index contributed by atoms with van der Waals surface area (Å²) in [5, 5.41) is 1.21. The van der Waals surface area contributed by atoms with E-state index >= 15 is 0 Å². The fourth-order valence-electron chi connectivity index (χ4n) is 3.92. The summed E-state index contributed by atoms with van der Waals surface area (Å²) in [5.41, 5.74) is 3.52. The summed E-state index contributed by atoms with van der Waals surface area (Å²) in [4.78, 5) is 15.0. The van der Waals surface area contributed by atoms with E-state index in [1.165, 1.54) is 16.5 Å². The first-order valence-corrected chi connectivity index (χ1v) is 6.97. The zero-order valence-electron chi connectivity index (χ0n) is 11.4. The highest BCUT2D eigenvalue weighted by molar-refractivity contribution is 6.13. The van der Waals surface area contributed by atoms with Crippen molar-refractivity contribution in [2.24, 2.45) is 13.0 Å². The zero-order valence-corrected chi connectivity index (χ0v) is 11.4. The zero-order chi connectivity index (χ0) is 13.1. The summed E-state index contributed by atoms with van der Waals surface area (Å²) in [7, 11) is 4.15. The van der Waals surface area contributed by atoms with E-state index in [0.29, 0.717) is 11.7 Å². The Morgan fingerprint density at radius 1 is 1.21 bits per heavy atom. The maximum atomic E-state index is 12.8. The molecule has 19 heavy (non-hydrogen) atoms. The Balaban J connectivity index is 2.00. The van der Waals surface area contributed by atoms with Gasteiger partial charge in [-0.2, -0.15) is 0 Å². The minimum atomic E-state index is 0.152. The third-order valence-corrected chi connectivity index (χ3v) is 4.86. The molecule has 1 saturated heterocycles. The Hall–Kier alpha value is -1.61. The molecule has 2 aliphatic rings. The van der Waals surface area contributed by atoms with Gasteiger partial charge < -0.3 is 9.47 Å². The van der Waals surface area contributed by atoms with Crippen molar-refractivity contribution in [3.8, 4) is 0 Å². The molecule has 1 fully saturated rings. The SMILES string of the molecule is CN1CCC2c3cccc4c3c(cn4C)C(=O)[C@H]2C1. The molecule has 1 aromatic heterocycles. The summed E-state index contributed by atoms with van der Waals surface area (Å²) in [5.74, 6) is 0.919. The number of fused-ring (bicyclic) bond motifs is 2. The van der Waals surface area contributed by atoms with E-state index in [1.807, 2.05) is 13.2 Å². The van der Waals surface area contributed by atoms with Gasteiger partial charge >= 0.3 is 0 Å². The van der Waals surface area contributed by atoms with Crippen LogP contribution in [0, 0.1) is 5.92 Å². The molecule has 1 aliphatic heterocycles. The number of carbonyl (C=O) groups excluding carboxylic acids is 1. The van der Waals surface area contributed by atoms with Crippen LogP contribution in [0.4, 0.5) is 0 Å². The topological polar surface area (TPSA) is 25.2 Å². The van der Waals surface area contributed by atoms with Crippen LogP contribution in [0.5, 0.6) is 0 Å². The van der Waals surface area contributed by atoms with Crippen molar-refractivity contribution < 1.29 is 4.79 Å². The molecule has 1 aliphatic carbocycles. The van der Waals surface area contributed by atoms with Gasteiger partial charge in [0.25, 0.3) is 0 Å². The Morgan fingerprint density at radius 2 is 2.05 bits per heavy atom. The minimum Gasteiger partial charge on any atom is -0.350 e.